The van der Waals surface area contributed by atoms with Crippen molar-refractivity contribution in [3.63, 3.8) is 0 Å². The van der Waals surface area contributed by atoms with Crippen LogP contribution in [0.2, 0.25) is 0 Å². The minimum atomic E-state index is -1.13. The Hall–Kier alpha value is -1.51. The third kappa shape index (κ3) is 10.1. The maximum absolute atomic E-state index is 12.6. The van der Waals surface area contributed by atoms with Gasteiger partial charge < -0.3 is 27.2 Å². The molecule has 0 aromatic carbocycles. The molecule has 0 radical (unpaired) electrons. The molecule has 7 N–H and O–H groups in total. The van der Waals surface area contributed by atoms with E-state index in [-0.39, 0.29) is 36.5 Å². The van der Waals surface area contributed by atoms with Crippen LogP contribution in [-0.2, 0) is 14.4 Å². The van der Waals surface area contributed by atoms with Gasteiger partial charge in [-0.3, -0.25) is 14.4 Å². The maximum Gasteiger partial charge on any atom is 0.245 e. The number of amides is 2. The van der Waals surface area contributed by atoms with Gasteiger partial charge in [-0.15, -0.1) is 0 Å². The fourth-order valence-corrected chi connectivity index (χ4v) is 3.22. The van der Waals surface area contributed by atoms with E-state index >= 15 is 0 Å². The van der Waals surface area contributed by atoms with Crippen LogP contribution < -0.4 is 22.1 Å². The van der Waals surface area contributed by atoms with Crippen molar-refractivity contribution in [1.29, 1.82) is 0 Å². The van der Waals surface area contributed by atoms with Gasteiger partial charge >= 0.3 is 0 Å². The van der Waals surface area contributed by atoms with Gasteiger partial charge in [0.05, 0.1) is 12.1 Å². The summed E-state index contributed by atoms with van der Waals surface area (Å²) in [5.74, 6) is -0.742. The molecule has 8 heteroatoms. The Labute approximate surface area is 169 Å². The highest BCUT2D eigenvalue weighted by Gasteiger charge is 2.30. The summed E-state index contributed by atoms with van der Waals surface area (Å²) in [5.41, 5.74) is 11.2. The number of nitrogens with two attached hydrogens (primary N) is 2. The summed E-state index contributed by atoms with van der Waals surface area (Å²) in [6, 6.07) is -1.87. The van der Waals surface area contributed by atoms with Gasteiger partial charge in [-0.25, -0.2) is 0 Å². The van der Waals surface area contributed by atoms with Crippen molar-refractivity contribution in [2.45, 2.75) is 78.5 Å². The largest absolute Gasteiger partial charge is 0.391 e. The third-order valence-corrected chi connectivity index (χ3v) is 4.62. The number of hydrogen-bond acceptors (Lipinski definition) is 6. The molecule has 0 heterocycles. The van der Waals surface area contributed by atoms with E-state index in [0.29, 0.717) is 18.9 Å². The van der Waals surface area contributed by atoms with Gasteiger partial charge in [-0.1, -0.05) is 27.7 Å². The lowest BCUT2D eigenvalue weighted by Crippen LogP contribution is -2.56. The molecule has 0 aliphatic carbocycles. The molecule has 0 aromatic heterocycles. The number of carbonyl (C=O) groups excluding carboxylic acids is 3. The van der Waals surface area contributed by atoms with E-state index < -0.39 is 24.1 Å². The molecule has 0 unspecified atom stereocenters. The van der Waals surface area contributed by atoms with Crippen LogP contribution in [0, 0.1) is 17.8 Å². The van der Waals surface area contributed by atoms with Gasteiger partial charge in [0.2, 0.25) is 11.8 Å². The molecule has 0 saturated heterocycles. The first-order valence-corrected chi connectivity index (χ1v) is 10.2. The van der Waals surface area contributed by atoms with E-state index in [0.717, 1.165) is 12.8 Å². The van der Waals surface area contributed by atoms with Crippen LogP contribution in [-0.4, -0.2) is 54.0 Å². The minimum Gasteiger partial charge on any atom is -0.391 e. The Morgan fingerprint density at radius 2 is 1.50 bits per heavy atom. The number of aliphatic hydroxyl groups excluding tert-OH is 1. The number of aliphatic hydroxyl groups is 1. The van der Waals surface area contributed by atoms with E-state index in [9.17, 15) is 19.5 Å². The Kier molecular flexibility index (Phi) is 12.9. The number of Topliss-reactive ketones (excluding diaryl/α,β-unsaturated/α-hetero) is 1. The molecule has 0 bridgehead atoms. The smallest absolute Gasteiger partial charge is 0.245 e. The van der Waals surface area contributed by atoms with Crippen LogP contribution in [0.3, 0.4) is 0 Å². The summed E-state index contributed by atoms with van der Waals surface area (Å²) >= 11 is 0. The lowest BCUT2D eigenvalue weighted by molar-refractivity contribution is -0.134. The molecule has 0 aromatic rings. The number of nitrogens with one attached hydrogen (secondary N) is 2. The lowest BCUT2D eigenvalue weighted by Gasteiger charge is -2.26. The van der Waals surface area contributed by atoms with Crippen LogP contribution in [0.1, 0.15) is 60.3 Å². The molecular formula is C20H40N4O4. The molecule has 0 spiro atoms. The van der Waals surface area contributed by atoms with Crippen molar-refractivity contribution in [2.75, 3.05) is 13.1 Å². The molecule has 0 aliphatic rings. The first-order valence-electron chi connectivity index (χ1n) is 10.2. The number of rotatable bonds is 14. The van der Waals surface area contributed by atoms with Crippen molar-refractivity contribution in [2.24, 2.45) is 29.2 Å². The molecule has 28 heavy (non-hydrogen) atoms. The van der Waals surface area contributed by atoms with Crippen LogP contribution in [0.15, 0.2) is 0 Å². The highest BCUT2D eigenvalue weighted by molar-refractivity contribution is 5.93. The van der Waals surface area contributed by atoms with Gasteiger partial charge in [0.1, 0.15) is 6.04 Å². The fourth-order valence-electron chi connectivity index (χ4n) is 3.22. The van der Waals surface area contributed by atoms with Gasteiger partial charge in [-0.05, 0) is 51.1 Å². The Morgan fingerprint density at radius 3 is 1.93 bits per heavy atom. The van der Waals surface area contributed by atoms with Crippen LogP contribution in [0.25, 0.3) is 0 Å². The first kappa shape index (κ1) is 26.5. The second-order valence-corrected chi connectivity index (χ2v) is 8.26. The summed E-state index contributed by atoms with van der Waals surface area (Å²) in [5, 5.41) is 15.2. The molecule has 2 amide bonds. The summed E-state index contributed by atoms with van der Waals surface area (Å²) in [6.07, 6.45) is 1.02. The highest BCUT2D eigenvalue weighted by atomic mass is 16.3. The minimum absolute atomic E-state index is 0.121. The number of ketones is 1. The highest BCUT2D eigenvalue weighted by Crippen LogP contribution is 2.18. The zero-order valence-corrected chi connectivity index (χ0v) is 18.0. The van der Waals surface area contributed by atoms with Gasteiger partial charge in [-0.2, -0.15) is 0 Å². The van der Waals surface area contributed by atoms with Crippen molar-refractivity contribution < 1.29 is 19.5 Å². The SMILES string of the molecule is CC(C)C[C@H](CCN)CC(=O)N[C@H](C(=O)N[C@@H](CCN)C(=O)C(C)C)[C@H](C)O. The second-order valence-electron chi connectivity index (χ2n) is 8.26. The van der Waals surface area contributed by atoms with E-state index in [1.807, 2.05) is 0 Å². The van der Waals surface area contributed by atoms with E-state index in [2.05, 4.69) is 24.5 Å². The molecular weight excluding hydrogens is 360 g/mol. The Balaban J connectivity index is 5.05. The van der Waals surface area contributed by atoms with Crippen molar-refractivity contribution in [3.8, 4) is 0 Å². The standard InChI is InChI=1S/C20H40N4O4/c1-12(2)10-15(6-8-21)11-17(26)24-18(14(5)25)20(28)23-16(7-9-22)19(27)13(3)4/h12-16,18,25H,6-11,21-22H2,1-5H3,(H,23,28)(H,24,26)/t14-,15-,16-,18-/m0/s1. The van der Waals surface area contributed by atoms with Gasteiger partial charge in [0, 0.05) is 12.3 Å². The van der Waals surface area contributed by atoms with E-state index in [1.165, 1.54) is 6.92 Å². The predicted octanol–water partition coefficient (Wildman–Crippen LogP) is 0.312. The summed E-state index contributed by atoms with van der Waals surface area (Å²) in [6.45, 7) is 9.82. The molecule has 0 fully saturated rings. The molecule has 4 atom stereocenters. The molecule has 0 saturated carbocycles. The summed E-state index contributed by atoms with van der Waals surface area (Å²) < 4.78 is 0. The van der Waals surface area contributed by atoms with Gasteiger partial charge in [0.25, 0.3) is 0 Å². The fraction of sp³-hybridized carbons (Fsp3) is 0.850. The van der Waals surface area contributed by atoms with Crippen LogP contribution >= 0.6 is 0 Å². The first-order chi connectivity index (χ1) is 13.0. The topological polar surface area (TPSA) is 148 Å². The summed E-state index contributed by atoms with van der Waals surface area (Å²) in [7, 11) is 0. The van der Waals surface area contributed by atoms with Crippen molar-refractivity contribution in [1.82, 2.24) is 10.6 Å². The lowest BCUT2D eigenvalue weighted by atomic mass is 9.91. The quantitative estimate of drug-likeness (QED) is 0.283. The second kappa shape index (κ2) is 13.6. The van der Waals surface area contributed by atoms with Crippen LogP contribution in [0.4, 0.5) is 0 Å². The molecule has 0 rings (SSSR count). The maximum atomic E-state index is 12.6. The van der Waals surface area contributed by atoms with Gasteiger partial charge in [0.15, 0.2) is 5.78 Å². The zero-order chi connectivity index (χ0) is 21.9. The monoisotopic (exact) mass is 400 g/mol. The number of hydrogen-bond donors (Lipinski definition) is 5. The van der Waals surface area contributed by atoms with E-state index in [4.69, 9.17) is 11.5 Å². The molecule has 8 nitrogen and oxygen atoms in total. The third-order valence-electron chi connectivity index (χ3n) is 4.62. The Bertz CT molecular complexity index is 495. The zero-order valence-electron chi connectivity index (χ0n) is 18.0. The van der Waals surface area contributed by atoms with Crippen molar-refractivity contribution in [3.05, 3.63) is 0 Å². The average molecular weight is 401 g/mol. The average Bonchev–Trinajstić information content (AvgIpc) is 2.57. The predicted molar refractivity (Wildman–Crippen MR) is 110 cm³/mol. The van der Waals surface area contributed by atoms with Crippen LogP contribution in [0.5, 0.6) is 0 Å². The molecule has 164 valence electrons. The number of carbonyl (C=O) groups is 3. The Morgan fingerprint density at radius 1 is 0.929 bits per heavy atom. The van der Waals surface area contributed by atoms with E-state index in [1.54, 1.807) is 13.8 Å². The normalized spacial score (nSPS) is 15.8. The van der Waals surface area contributed by atoms with Crippen molar-refractivity contribution >= 4 is 17.6 Å². The summed E-state index contributed by atoms with van der Waals surface area (Å²) in [4.78, 5) is 37.3. The molecule has 0 aliphatic heterocycles.